The van der Waals surface area contributed by atoms with E-state index < -0.39 is 21.9 Å². The predicted molar refractivity (Wildman–Crippen MR) is 57.8 cm³/mol. The van der Waals surface area contributed by atoms with E-state index in [1.165, 1.54) is 12.1 Å². The lowest BCUT2D eigenvalue weighted by atomic mass is 10.1. The highest BCUT2D eigenvalue weighted by atomic mass is 35.5. The highest BCUT2D eigenvalue weighted by Crippen LogP contribution is 2.19. The van der Waals surface area contributed by atoms with Crippen molar-refractivity contribution in [2.75, 3.05) is 6.26 Å². The molecule has 1 N–H and O–H groups in total. The van der Waals surface area contributed by atoms with Crippen LogP contribution < -0.4 is 4.72 Å². The van der Waals surface area contributed by atoms with Crippen LogP contribution in [0.25, 0.3) is 0 Å². The maximum atomic E-state index is 13.0. The fourth-order valence-electron chi connectivity index (χ4n) is 1.21. The van der Waals surface area contributed by atoms with Crippen molar-refractivity contribution in [1.29, 1.82) is 0 Å². The van der Waals surface area contributed by atoms with E-state index >= 15 is 0 Å². The Morgan fingerprint density at radius 3 is 2.47 bits per heavy atom. The van der Waals surface area contributed by atoms with E-state index in [4.69, 9.17) is 11.6 Å². The van der Waals surface area contributed by atoms with Crippen LogP contribution in [0, 0.1) is 5.82 Å². The van der Waals surface area contributed by atoms with Gasteiger partial charge in [0.15, 0.2) is 0 Å². The van der Waals surface area contributed by atoms with Crippen LogP contribution >= 0.6 is 11.6 Å². The van der Waals surface area contributed by atoms with E-state index in [1.54, 1.807) is 6.92 Å². The number of hydrogen-bond acceptors (Lipinski definition) is 2. The number of halogens is 2. The Morgan fingerprint density at radius 1 is 1.40 bits per heavy atom. The average molecular weight is 252 g/mol. The Kier molecular flexibility index (Phi) is 3.70. The maximum Gasteiger partial charge on any atom is 0.209 e. The van der Waals surface area contributed by atoms with Crippen molar-refractivity contribution in [3.63, 3.8) is 0 Å². The van der Waals surface area contributed by atoms with Crippen molar-refractivity contribution in [2.45, 2.75) is 13.0 Å². The van der Waals surface area contributed by atoms with Crippen LogP contribution in [0.5, 0.6) is 0 Å². The maximum absolute atomic E-state index is 13.0. The second kappa shape index (κ2) is 4.47. The van der Waals surface area contributed by atoms with Crippen LogP contribution in [0.1, 0.15) is 18.5 Å². The quantitative estimate of drug-likeness (QED) is 0.894. The van der Waals surface area contributed by atoms with Gasteiger partial charge in [0, 0.05) is 11.1 Å². The van der Waals surface area contributed by atoms with Crippen molar-refractivity contribution in [1.82, 2.24) is 4.72 Å². The van der Waals surface area contributed by atoms with Crippen molar-refractivity contribution >= 4 is 21.6 Å². The first-order valence-corrected chi connectivity index (χ1v) is 6.48. The van der Waals surface area contributed by atoms with Crippen molar-refractivity contribution in [3.8, 4) is 0 Å². The lowest BCUT2D eigenvalue weighted by molar-refractivity contribution is 0.570. The third-order valence-corrected chi connectivity index (χ3v) is 2.78. The zero-order chi connectivity index (χ0) is 11.6. The van der Waals surface area contributed by atoms with Gasteiger partial charge in [0.2, 0.25) is 10.0 Å². The number of rotatable bonds is 3. The molecule has 0 aliphatic heterocycles. The SMILES string of the molecule is C[C@H](NS(C)(=O)=O)c1cc(F)cc(Cl)c1. The standard InChI is InChI=1S/C9H11ClFNO2S/c1-6(12-15(2,13)14)7-3-8(10)5-9(11)4-7/h3-6,12H,1-2H3/t6-/m0/s1. The average Bonchev–Trinajstić information content (AvgIpc) is 1.98. The topological polar surface area (TPSA) is 46.2 Å². The molecular formula is C9H11ClFNO2S. The summed E-state index contributed by atoms with van der Waals surface area (Å²) in [6.07, 6.45) is 1.05. The number of nitrogens with one attached hydrogen (secondary N) is 1. The van der Waals surface area contributed by atoms with Gasteiger partial charge in [-0.25, -0.2) is 17.5 Å². The summed E-state index contributed by atoms with van der Waals surface area (Å²) in [5.74, 6) is -0.486. The highest BCUT2D eigenvalue weighted by Gasteiger charge is 2.12. The van der Waals surface area contributed by atoms with E-state index in [0.717, 1.165) is 12.3 Å². The van der Waals surface area contributed by atoms with Gasteiger partial charge < -0.3 is 0 Å². The van der Waals surface area contributed by atoms with Crippen molar-refractivity contribution < 1.29 is 12.8 Å². The third kappa shape index (κ3) is 4.15. The monoisotopic (exact) mass is 251 g/mol. The first-order chi connectivity index (χ1) is 6.78. The van der Waals surface area contributed by atoms with E-state index in [0.29, 0.717) is 5.56 Å². The Morgan fingerprint density at radius 2 is 2.00 bits per heavy atom. The molecule has 3 nitrogen and oxygen atoms in total. The minimum absolute atomic E-state index is 0.243. The first kappa shape index (κ1) is 12.4. The second-order valence-electron chi connectivity index (χ2n) is 3.31. The Labute approximate surface area is 93.3 Å². The van der Waals surface area contributed by atoms with Crippen LogP contribution in [0.15, 0.2) is 18.2 Å². The summed E-state index contributed by atoms with van der Waals surface area (Å²) in [6.45, 7) is 1.62. The van der Waals surface area contributed by atoms with E-state index in [-0.39, 0.29) is 5.02 Å². The van der Waals surface area contributed by atoms with Gasteiger partial charge in [-0.3, -0.25) is 0 Å². The molecule has 0 aromatic heterocycles. The summed E-state index contributed by atoms with van der Waals surface area (Å²) < 4.78 is 37.2. The molecule has 1 aromatic carbocycles. The molecule has 1 rings (SSSR count). The minimum Gasteiger partial charge on any atom is -0.213 e. The van der Waals surface area contributed by atoms with Gasteiger partial charge in [0.05, 0.1) is 6.26 Å². The second-order valence-corrected chi connectivity index (χ2v) is 5.53. The summed E-state index contributed by atoms with van der Waals surface area (Å²) in [6, 6.07) is 3.42. The third-order valence-electron chi connectivity index (χ3n) is 1.78. The highest BCUT2D eigenvalue weighted by molar-refractivity contribution is 7.88. The number of sulfonamides is 1. The first-order valence-electron chi connectivity index (χ1n) is 4.21. The van der Waals surface area contributed by atoms with Gasteiger partial charge in [-0.2, -0.15) is 0 Å². The Bertz CT molecular complexity index is 441. The number of benzene rings is 1. The molecule has 0 saturated carbocycles. The molecule has 1 atom stereocenters. The molecule has 0 saturated heterocycles. The smallest absolute Gasteiger partial charge is 0.209 e. The molecule has 0 radical (unpaired) electrons. The molecule has 6 heteroatoms. The molecule has 15 heavy (non-hydrogen) atoms. The van der Waals surface area contributed by atoms with Crippen LogP contribution in [0.4, 0.5) is 4.39 Å². The fourth-order valence-corrected chi connectivity index (χ4v) is 2.22. The van der Waals surface area contributed by atoms with Crippen molar-refractivity contribution in [3.05, 3.63) is 34.6 Å². The predicted octanol–water partition coefficient (Wildman–Crippen LogP) is 2.09. The molecule has 0 spiro atoms. The van der Waals surface area contributed by atoms with Gasteiger partial charge in [-0.15, -0.1) is 0 Å². The lowest BCUT2D eigenvalue weighted by Crippen LogP contribution is -2.25. The summed E-state index contributed by atoms with van der Waals surface area (Å²) >= 11 is 5.65. The Hall–Kier alpha value is -0.650. The number of hydrogen-bond donors (Lipinski definition) is 1. The molecule has 0 amide bonds. The molecule has 1 aromatic rings. The molecule has 0 unspecified atom stereocenters. The molecule has 0 heterocycles. The minimum atomic E-state index is -3.31. The molecular weight excluding hydrogens is 241 g/mol. The van der Waals surface area contributed by atoms with Crippen LogP contribution in [0.3, 0.4) is 0 Å². The van der Waals surface area contributed by atoms with Gasteiger partial charge in [0.1, 0.15) is 5.82 Å². The zero-order valence-electron chi connectivity index (χ0n) is 8.29. The molecule has 0 aliphatic carbocycles. The van der Waals surface area contributed by atoms with Gasteiger partial charge in [-0.05, 0) is 30.7 Å². The van der Waals surface area contributed by atoms with Crippen LogP contribution in [-0.4, -0.2) is 14.7 Å². The molecule has 0 bridgehead atoms. The normalized spacial score (nSPS) is 13.9. The zero-order valence-corrected chi connectivity index (χ0v) is 9.86. The molecule has 0 aliphatic rings. The van der Waals surface area contributed by atoms with Gasteiger partial charge >= 0.3 is 0 Å². The largest absolute Gasteiger partial charge is 0.213 e. The van der Waals surface area contributed by atoms with Crippen LogP contribution in [-0.2, 0) is 10.0 Å². The van der Waals surface area contributed by atoms with Crippen molar-refractivity contribution in [2.24, 2.45) is 0 Å². The Balaban J connectivity index is 2.96. The van der Waals surface area contributed by atoms with Gasteiger partial charge in [0.25, 0.3) is 0 Å². The molecule has 84 valence electrons. The summed E-state index contributed by atoms with van der Waals surface area (Å²) in [5, 5.41) is 0.243. The van der Waals surface area contributed by atoms with E-state index in [1.807, 2.05) is 0 Å². The summed E-state index contributed by atoms with van der Waals surface area (Å²) in [4.78, 5) is 0. The van der Waals surface area contributed by atoms with Crippen LogP contribution in [0.2, 0.25) is 5.02 Å². The van der Waals surface area contributed by atoms with E-state index in [9.17, 15) is 12.8 Å². The summed E-state index contributed by atoms with van der Waals surface area (Å²) in [5.41, 5.74) is 0.491. The van der Waals surface area contributed by atoms with Gasteiger partial charge in [-0.1, -0.05) is 11.6 Å². The molecule has 0 fully saturated rings. The summed E-state index contributed by atoms with van der Waals surface area (Å²) in [7, 11) is -3.31. The van der Waals surface area contributed by atoms with E-state index in [2.05, 4.69) is 4.72 Å². The lowest BCUT2D eigenvalue weighted by Gasteiger charge is -2.12. The fraction of sp³-hybridized carbons (Fsp3) is 0.333.